The molecular weight excluding hydrogens is 234 g/mol. The number of nitrogen functional groups attached to an aromatic ring is 1. The van der Waals surface area contributed by atoms with Gasteiger partial charge >= 0.3 is 0 Å². The second-order valence-corrected chi connectivity index (χ2v) is 5.60. The minimum Gasteiger partial charge on any atom is -0.397 e. The number of carbonyl (C=O) groups excluding carboxylic acids is 1. The summed E-state index contributed by atoms with van der Waals surface area (Å²) in [5, 5.41) is 1.07. The lowest BCUT2D eigenvalue weighted by Crippen LogP contribution is -2.32. The fourth-order valence-corrected chi connectivity index (χ4v) is 3.29. The molecule has 5 heteroatoms. The van der Waals surface area contributed by atoms with E-state index in [0.717, 1.165) is 24.0 Å². The van der Waals surface area contributed by atoms with Gasteiger partial charge in [0.2, 0.25) is 0 Å². The average molecular weight is 253 g/mol. The third kappa shape index (κ3) is 2.54. The molecule has 0 unspecified atom stereocenters. The van der Waals surface area contributed by atoms with Gasteiger partial charge in [0.05, 0.1) is 10.7 Å². The number of thiophene rings is 1. The van der Waals surface area contributed by atoms with Crippen LogP contribution < -0.4 is 16.4 Å². The van der Waals surface area contributed by atoms with Crippen LogP contribution in [0.2, 0.25) is 0 Å². The van der Waals surface area contributed by atoms with Crippen molar-refractivity contribution in [2.45, 2.75) is 26.2 Å². The maximum atomic E-state index is 11.2. The molecule has 1 amide bonds. The molecule has 1 aliphatic heterocycles. The number of carbonyl (C=O) groups is 1. The monoisotopic (exact) mass is 253 g/mol. The fraction of sp³-hybridized carbons (Fsp3) is 0.583. The smallest absolute Gasteiger partial charge is 0.260 e. The van der Waals surface area contributed by atoms with E-state index in [1.807, 2.05) is 6.07 Å². The molecule has 0 aliphatic carbocycles. The van der Waals surface area contributed by atoms with Crippen molar-refractivity contribution in [3.63, 3.8) is 0 Å². The van der Waals surface area contributed by atoms with Gasteiger partial charge in [0.1, 0.15) is 4.88 Å². The quantitative estimate of drug-likeness (QED) is 0.866. The van der Waals surface area contributed by atoms with Crippen LogP contribution in [0.4, 0.5) is 10.7 Å². The van der Waals surface area contributed by atoms with Crippen molar-refractivity contribution in [2.24, 2.45) is 11.7 Å². The number of rotatable bonds is 3. The highest BCUT2D eigenvalue weighted by Crippen LogP contribution is 2.34. The number of hydrogen-bond donors (Lipinski definition) is 2. The molecule has 4 N–H and O–H groups in total. The Balaban J connectivity index is 2.08. The van der Waals surface area contributed by atoms with Crippen LogP contribution in [0.3, 0.4) is 0 Å². The van der Waals surface area contributed by atoms with Crippen molar-refractivity contribution in [1.82, 2.24) is 0 Å². The van der Waals surface area contributed by atoms with E-state index in [4.69, 9.17) is 11.5 Å². The van der Waals surface area contributed by atoms with Gasteiger partial charge in [-0.2, -0.15) is 0 Å². The van der Waals surface area contributed by atoms with Crippen LogP contribution in [0.5, 0.6) is 0 Å². The molecule has 0 bridgehead atoms. The van der Waals surface area contributed by atoms with E-state index in [1.54, 1.807) is 0 Å². The third-order valence-corrected chi connectivity index (χ3v) is 4.70. The lowest BCUT2D eigenvalue weighted by molar-refractivity contribution is 0.100. The topological polar surface area (TPSA) is 72.3 Å². The van der Waals surface area contributed by atoms with Gasteiger partial charge in [-0.15, -0.1) is 11.3 Å². The Labute approximate surface area is 106 Å². The minimum absolute atomic E-state index is 0.429. The van der Waals surface area contributed by atoms with Gasteiger partial charge in [0.25, 0.3) is 5.91 Å². The Morgan fingerprint density at radius 3 is 2.65 bits per heavy atom. The molecule has 94 valence electrons. The first-order chi connectivity index (χ1) is 8.11. The number of primary amides is 1. The van der Waals surface area contributed by atoms with E-state index in [-0.39, 0.29) is 0 Å². The number of piperidine rings is 1. The van der Waals surface area contributed by atoms with E-state index < -0.39 is 5.91 Å². The molecule has 2 heterocycles. The predicted octanol–water partition coefficient (Wildman–Crippen LogP) is 2.06. The van der Waals surface area contributed by atoms with Gasteiger partial charge in [0, 0.05) is 13.1 Å². The van der Waals surface area contributed by atoms with Gasteiger partial charge in [-0.1, -0.05) is 13.3 Å². The summed E-state index contributed by atoms with van der Waals surface area (Å²) in [7, 11) is 0. The highest BCUT2D eigenvalue weighted by Gasteiger charge is 2.21. The van der Waals surface area contributed by atoms with Crippen molar-refractivity contribution >= 4 is 27.9 Å². The molecule has 0 aromatic carbocycles. The number of hydrogen-bond acceptors (Lipinski definition) is 4. The van der Waals surface area contributed by atoms with Crippen molar-refractivity contribution < 1.29 is 4.79 Å². The predicted molar refractivity (Wildman–Crippen MR) is 72.5 cm³/mol. The molecule has 0 radical (unpaired) electrons. The zero-order chi connectivity index (χ0) is 12.4. The Bertz CT molecular complexity index is 408. The van der Waals surface area contributed by atoms with Gasteiger partial charge in [-0.25, -0.2) is 0 Å². The molecule has 4 nitrogen and oxygen atoms in total. The molecule has 1 aliphatic rings. The second-order valence-electron chi connectivity index (χ2n) is 4.57. The average Bonchev–Trinajstić information content (AvgIpc) is 2.71. The molecule has 1 fully saturated rings. The van der Waals surface area contributed by atoms with Gasteiger partial charge in [0.15, 0.2) is 0 Å². The second kappa shape index (κ2) is 4.96. The van der Waals surface area contributed by atoms with E-state index in [0.29, 0.717) is 10.6 Å². The summed E-state index contributed by atoms with van der Waals surface area (Å²) >= 11 is 1.41. The standard InChI is InChI=1S/C12H19N3OS/c1-2-8-3-5-15(6-4-8)10-7-9(13)11(17-10)12(14)16/h7-8H,2-6,13H2,1H3,(H2,14,16). The molecule has 0 atom stereocenters. The van der Waals surface area contributed by atoms with E-state index in [1.165, 1.54) is 30.6 Å². The molecule has 1 aromatic rings. The van der Waals surface area contributed by atoms with E-state index in [9.17, 15) is 4.79 Å². The van der Waals surface area contributed by atoms with Crippen LogP contribution in [0.15, 0.2) is 6.07 Å². The normalized spacial score (nSPS) is 17.4. The Hall–Kier alpha value is -1.23. The van der Waals surface area contributed by atoms with Crippen LogP contribution in [0.25, 0.3) is 0 Å². The van der Waals surface area contributed by atoms with Gasteiger partial charge in [-0.05, 0) is 24.8 Å². The van der Waals surface area contributed by atoms with Gasteiger partial charge < -0.3 is 16.4 Å². The number of nitrogens with two attached hydrogens (primary N) is 2. The van der Waals surface area contributed by atoms with E-state index in [2.05, 4.69) is 11.8 Å². The summed E-state index contributed by atoms with van der Waals surface area (Å²) in [5.74, 6) is 0.418. The molecule has 2 rings (SSSR count). The highest BCUT2D eigenvalue weighted by molar-refractivity contribution is 7.18. The summed E-state index contributed by atoms with van der Waals surface area (Å²) in [6.45, 7) is 4.35. The van der Waals surface area contributed by atoms with Crippen LogP contribution in [-0.4, -0.2) is 19.0 Å². The summed E-state index contributed by atoms with van der Waals surface area (Å²) in [6.07, 6.45) is 3.70. The minimum atomic E-state index is -0.429. The summed E-state index contributed by atoms with van der Waals surface area (Å²) in [6, 6.07) is 1.87. The molecule has 17 heavy (non-hydrogen) atoms. The maximum Gasteiger partial charge on any atom is 0.260 e. The number of nitrogens with zero attached hydrogens (tertiary/aromatic N) is 1. The lowest BCUT2D eigenvalue weighted by Gasteiger charge is -2.32. The SMILES string of the molecule is CCC1CCN(c2cc(N)c(C(N)=O)s2)CC1. The Kier molecular flexibility index (Phi) is 3.57. The summed E-state index contributed by atoms with van der Waals surface area (Å²) in [4.78, 5) is 13.9. The zero-order valence-corrected chi connectivity index (χ0v) is 10.9. The molecule has 1 aromatic heterocycles. The molecular formula is C12H19N3OS. The van der Waals surface area contributed by atoms with Crippen LogP contribution >= 0.6 is 11.3 Å². The van der Waals surface area contributed by atoms with Gasteiger partial charge in [-0.3, -0.25) is 4.79 Å². The summed E-state index contributed by atoms with van der Waals surface area (Å²) in [5.41, 5.74) is 11.6. The maximum absolute atomic E-state index is 11.2. The van der Waals surface area contributed by atoms with Crippen molar-refractivity contribution in [2.75, 3.05) is 23.7 Å². The van der Waals surface area contributed by atoms with Crippen LogP contribution in [-0.2, 0) is 0 Å². The largest absolute Gasteiger partial charge is 0.397 e. The van der Waals surface area contributed by atoms with E-state index >= 15 is 0 Å². The third-order valence-electron chi connectivity index (χ3n) is 3.48. The number of anilines is 2. The Morgan fingerprint density at radius 2 is 2.18 bits per heavy atom. The fourth-order valence-electron chi connectivity index (χ4n) is 2.30. The Morgan fingerprint density at radius 1 is 1.53 bits per heavy atom. The van der Waals surface area contributed by atoms with Crippen LogP contribution in [0.1, 0.15) is 35.9 Å². The molecule has 0 saturated carbocycles. The van der Waals surface area contributed by atoms with Crippen molar-refractivity contribution in [1.29, 1.82) is 0 Å². The summed E-state index contributed by atoms with van der Waals surface area (Å²) < 4.78 is 0. The molecule has 1 saturated heterocycles. The van der Waals surface area contributed by atoms with Crippen molar-refractivity contribution in [3.05, 3.63) is 10.9 Å². The number of amides is 1. The highest BCUT2D eigenvalue weighted by atomic mass is 32.1. The lowest BCUT2D eigenvalue weighted by atomic mass is 9.95. The first-order valence-corrected chi connectivity index (χ1v) is 6.87. The first-order valence-electron chi connectivity index (χ1n) is 6.05. The zero-order valence-electron chi connectivity index (χ0n) is 10.1. The molecule has 0 spiro atoms. The van der Waals surface area contributed by atoms with Crippen LogP contribution in [0, 0.1) is 5.92 Å². The van der Waals surface area contributed by atoms with Crippen molar-refractivity contribution in [3.8, 4) is 0 Å². The first kappa shape index (κ1) is 12.2.